The predicted molar refractivity (Wildman–Crippen MR) is 103 cm³/mol. The van der Waals surface area contributed by atoms with Crippen molar-refractivity contribution in [2.24, 2.45) is 0 Å². The molecule has 0 fully saturated rings. The van der Waals surface area contributed by atoms with Gasteiger partial charge in [-0.2, -0.15) is 0 Å². The number of rotatable bonds is 6. The third kappa shape index (κ3) is 6.92. The van der Waals surface area contributed by atoms with E-state index in [4.69, 9.17) is 23.2 Å². The van der Waals surface area contributed by atoms with Gasteiger partial charge in [0.1, 0.15) is 0 Å². The van der Waals surface area contributed by atoms with Gasteiger partial charge in [0.15, 0.2) is 0 Å². The quantitative estimate of drug-likeness (QED) is 0.345. The summed E-state index contributed by atoms with van der Waals surface area (Å²) >= 11 is 17.2. The van der Waals surface area contributed by atoms with Crippen LogP contribution in [0.1, 0.15) is 25.7 Å². The van der Waals surface area contributed by atoms with Crippen molar-refractivity contribution in [3.63, 3.8) is 0 Å². The Balaban J connectivity index is 1.66. The van der Waals surface area contributed by atoms with Crippen molar-refractivity contribution < 1.29 is 4.79 Å². The van der Waals surface area contributed by atoms with Crippen LogP contribution >= 0.6 is 50.9 Å². The van der Waals surface area contributed by atoms with E-state index >= 15 is 0 Å². The average molecular weight is 435 g/mol. The van der Waals surface area contributed by atoms with Crippen molar-refractivity contribution in [1.29, 1.82) is 0 Å². The van der Waals surface area contributed by atoms with Crippen molar-refractivity contribution in [1.82, 2.24) is 5.32 Å². The van der Waals surface area contributed by atoms with Crippen LogP contribution in [0.2, 0.25) is 0 Å². The molecule has 124 valence electrons. The molecule has 1 amide bonds. The van der Waals surface area contributed by atoms with Crippen LogP contribution in [0.3, 0.4) is 0 Å². The fourth-order valence-corrected chi connectivity index (χ4v) is 3.55. The van der Waals surface area contributed by atoms with Crippen molar-refractivity contribution in [2.45, 2.75) is 30.6 Å². The third-order valence-corrected chi connectivity index (χ3v) is 5.86. The number of thioether (sulfide) groups is 1. The minimum Gasteiger partial charge on any atom is -0.355 e. The van der Waals surface area contributed by atoms with Crippen LogP contribution in [-0.2, 0) is 4.79 Å². The highest BCUT2D eigenvalue weighted by Crippen LogP contribution is 2.29. The summed E-state index contributed by atoms with van der Waals surface area (Å²) in [7, 11) is 0. The molecule has 0 saturated heterocycles. The molecule has 0 radical (unpaired) electrons. The van der Waals surface area contributed by atoms with Gasteiger partial charge in [-0.05, 0) is 37.1 Å². The molecule has 2 rings (SSSR count). The maximum atomic E-state index is 12.0. The van der Waals surface area contributed by atoms with E-state index < -0.39 is 0 Å². The second-order valence-corrected chi connectivity index (χ2v) is 8.20. The first-order chi connectivity index (χ1) is 11.0. The van der Waals surface area contributed by atoms with Crippen LogP contribution in [0.4, 0.5) is 0 Å². The molecule has 0 unspecified atom stereocenters. The molecule has 1 aromatic carbocycles. The first kappa shape index (κ1) is 18.9. The second kappa shape index (κ2) is 9.77. The molecule has 0 atom stereocenters. The number of hydrogen-bond donors (Lipinski definition) is 1. The Hall–Kier alpha value is -0.420. The second-order valence-electron chi connectivity index (χ2n) is 5.21. The van der Waals surface area contributed by atoms with Crippen LogP contribution < -0.4 is 5.32 Å². The third-order valence-electron chi connectivity index (χ3n) is 3.42. The highest BCUT2D eigenvalue weighted by Gasteiger charge is 2.12. The van der Waals surface area contributed by atoms with E-state index in [0.29, 0.717) is 29.5 Å². The minimum absolute atomic E-state index is 0.0572. The Morgan fingerprint density at radius 1 is 1.17 bits per heavy atom. The van der Waals surface area contributed by atoms with Gasteiger partial charge in [0, 0.05) is 44.6 Å². The van der Waals surface area contributed by atoms with E-state index in [9.17, 15) is 4.79 Å². The monoisotopic (exact) mass is 433 g/mol. The minimum atomic E-state index is 0.0572. The van der Waals surface area contributed by atoms with E-state index in [-0.39, 0.29) is 5.91 Å². The molecule has 0 spiro atoms. The number of benzene rings is 1. The van der Waals surface area contributed by atoms with Gasteiger partial charge in [0.05, 0.1) is 0 Å². The lowest BCUT2D eigenvalue weighted by atomic mass is 10.1. The lowest BCUT2D eigenvalue weighted by molar-refractivity contribution is -0.120. The molecule has 6 heteroatoms. The molecule has 0 bridgehead atoms. The van der Waals surface area contributed by atoms with Gasteiger partial charge < -0.3 is 5.32 Å². The van der Waals surface area contributed by atoms with Crippen molar-refractivity contribution in [3.05, 3.63) is 50.5 Å². The molecule has 2 nitrogen and oxygen atoms in total. The molecule has 1 N–H and O–H groups in total. The molecule has 23 heavy (non-hydrogen) atoms. The summed E-state index contributed by atoms with van der Waals surface area (Å²) in [5, 5.41) is 4.37. The molecular formula is C17H18BrCl2NOS. The van der Waals surface area contributed by atoms with Gasteiger partial charge in [-0.25, -0.2) is 0 Å². The zero-order valence-electron chi connectivity index (χ0n) is 12.6. The Labute approximate surface area is 159 Å². The summed E-state index contributed by atoms with van der Waals surface area (Å²) in [6, 6.07) is 8.16. The molecule has 0 aromatic heterocycles. The zero-order chi connectivity index (χ0) is 16.7. The SMILES string of the molecule is O=C(CC1=CCC(Cl)=C(Cl)CC1)NCCSc1ccc(Br)cc1. The molecule has 0 saturated carbocycles. The van der Waals surface area contributed by atoms with Gasteiger partial charge in [0.2, 0.25) is 5.91 Å². The fraction of sp³-hybridized carbons (Fsp3) is 0.353. The maximum absolute atomic E-state index is 12.0. The van der Waals surface area contributed by atoms with Crippen LogP contribution in [0.15, 0.2) is 55.3 Å². The summed E-state index contributed by atoms with van der Waals surface area (Å²) in [6.45, 7) is 0.659. The maximum Gasteiger partial charge on any atom is 0.224 e. The summed E-state index contributed by atoms with van der Waals surface area (Å²) in [4.78, 5) is 13.2. The van der Waals surface area contributed by atoms with Gasteiger partial charge >= 0.3 is 0 Å². The average Bonchev–Trinajstić information content (AvgIpc) is 2.69. The van der Waals surface area contributed by atoms with Crippen molar-refractivity contribution in [2.75, 3.05) is 12.3 Å². The fourth-order valence-electron chi connectivity index (χ4n) is 2.17. The van der Waals surface area contributed by atoms with Crippen molar-refractivity contribution in [3.8, 4) is 0 Å². The molecule has 0 aliphatic heterocycles. The van der Waals surface area contributed by atoms with E-state index in [1.54, 1.807) is 11.8 Å². The number of hydrogen-bond acceptors (Lipinski definition) is 2. The topological polar surface area (TPSA) is 29.1 Å². The number of carbonyl (C=O) groups excluding carboxylic acids is 1. The largest absolute Gasteiger partial charge is 0.355 e. The molecule has 1 aromatic rings. The molecular weight excluding hydrogens is 417 g/mol. The summed E-state index contributed by atoms with van der Waals surface area (Å²) in [5.41, 5.74) is 1.11. The Morgan fingerprint density at radius 3 is 2.65 bits per heavy atom. The van der Waals surface area contributed by atoms with E-state index in [1.807, 2.05) is 18.2 Å². The summed E-state index contributed by atoms with van der Waals surface area (Å²) in [5.74, 6) is 0.910. The summed E-state index contributed by atoms with van der Waals surface area (Å²) < 4.78 is 1.07. The normalized spacial score (nSPS) is 15.2. The van der Waals surface area contributed by atoms with Gasteiger partial charge in [-0.15, -0.1) is 11.8 Å². The Kier molecular flexibility index (Phi) is 8.04. The van der Waals surface area contributed by atoms with Gasteiger partial charge in [0.25, 0.3) is 0 Å². The van der Waals surface area contributed by atoms with Crippen LogP contribution in [0, 0.1) is 0 Å². The number of halogens is 3. The highest BCUT2D eigenvalue weighted by molar-refractivity contribution is 9.10. The first-order valence-electron chi connectivity index (χ1n) is 7.40. The Bertz CT molecular complexity index is 614. The van der Waals surface area contributed by atoms with Gasteiger partial charge in [-0.3, -0.25) is 4.79 Å². The van der Waals surface area contributed by atoms with Crippen LogP contribution in [0.5, 0.6) is 0 Å². The zero-order valence-corrected chi connectivity index (χ0v) is 16.5. The molecule has 1 aliphatic carbocycles. The lowest BCUT2D eigenvalue weighted by Crippen LogP contribution is -2.25. The van der Waals surface area contributed by atoms with Crippen LogP contribution in [0.25, 0.3) is 0 Å². The number of nitrogens with one attached hydrogen (secondary N) is 1. The van der Waals surface area contributed by atoms with Crippen LogP contribution in [-0.4, -0.2) is 18.2 Å². The van der Waals surface area contributed by atoms with E-state index in [1.165, 1.54) is 4.90 Å². The van der Waals surface area contributed by atoms with E-state index in [0.717, 1.165) is 28.6 Å². The van der Waals surface area contributed by atoms with Crippen molar-refractivity contribution >= 4 is 56.8 Å². The number of allylic oxidation sites excluding steroid dienone is 3. The number of amides is 1. The summed E-state index contributed by atoms with van der Waals surface area (Å²) in [6.07, 6.45) is 4.60. The predicted octanol–water partition coefficient (Wildman–Crippen LogP) is 5.85. The Morgan fingerprint density at radius 2 is 1.91 bits per heavy atom. The molecule has 0 heterocycles. The molecule has 1 aliphatic rings. The van der Waals surface area contributed by atoms with E-state index in [2.05, 4.69) is 33.4 Å². The first-order valence-corrected chi connectivity index (χ1v) is 9.94. The van der Waals surface area contributed by atoms with Gasteiger partial charge in [-0.1, -0.05) is 50.8 Å². The standard InChI is InChI=1S/C17H18BrCl2NOS/c18-13-3-5-14(6-4-13)23-10-9-21-17(22)11-12-1-7-15(19)16(20)8-2-12/h1,3-6H,2,7-11H2,(H,21,22). The highest BCUT2D eigenvalue weighted by atomic mass is 79.9. The smallest absolute Gasteiger partial charge is 0.224 e. The number of carbonyl (C=O) groups is 1. The lowest BCUT2D eigenvalue weighted by Gasteiger charge is -2.07.